The lowest BCUT2D eigenvalue weighted by Gasteiger charge is -2.22. The topological polar surface area (TPSA) is 97.4 Å². The molecule has 1 saturated heterocycles. The van der Waals surface area contributed by atoms with Crippen LogP contribution in [-0.2, 0) is 14.8 Å². The van der Waals surface area contributed by atoms with E-state index in [2.05, 4.69) is 19.8 Å². The minimum absolute atomic E-state index is 0. The number of aromatic nitrogens is 1. The first-order chi connectivity index (χ1) is 10.0. The van der Waals surface area contributed by atoms with Crippen molar-refractivity contribution < 1.29 is 17.9 Å². The highest BCUT2D eigenvalue weighted by molar-refractivity contribution is 7.91. The Hall–Kier alpha value is -0.740. The van der Waals surface area contributed by atoms with Gasteiger partial charge < -0.3 is 10.1 Å². The average molecular weight is 370 g/mol. The molecule has 1 unspecified atom stereocenters. The molecular formula is C12H20ClN3O4S2. The zero-order valence-corrected chi connectivity index (χ0v) is 14.7. The Kier molecular flexibility index (Phi) is 7.70. The first-order valence-electron chi connectivity index (χ1n) is 6.77. The lowest BCUT2D eigenvalue weighted by Crippen LogP contribution is -2.33. The molecular weight excluding hydrogens is 350 g/mol. The number of thiazole rings is 1. The number of carbonyl (C=O) groups excluding carboxylic acids is 1. The number of methoxy groups -OCH3 is 1. The second kappa shape index (κ2) is 8.78. The number of hydrogen-bond donors (Lipinski definition) is 2. The van der Waals surface area contributed by atoms with Gasteiger partial charge in [0.2, 0.25) is 0 Å². The fraction of sp³-hybridized carbons (Fsp3) is 0.667. The van der Waals surface area contributed by atoms with Gasteiger partial charge in [-0.15, -0.1) is 23.7 Å². The quantitative estimate of drug-likeness (QED) is 0.726. The Morgan fingerprint density at radius 1 is 1.59 bits per heavy atom. The van der Waals surface area contributed by atoms with Crippen LogP contribution >= 0.6 is 23.7 Å². The largest absolute Gasteiger partial charge is 0.464 e. The number of sulfonamides is 1. The molecule has 0 amide bonds. The molecule has 0 spiro atoms. The summed E-state index contributed by atoms with van der Waals surface area (Å²) in [7, 11) is -2.52. The summed E-state index contributed by atoms with van der Waals surface area (Å²) in [5, 5.41) is 3.30. The number of piperidine rings is 1. The molecule has 0 bridgehead atoms. The maximum absolute atomic E-state index is 12.2. The van der Waals surface area contributed by atoms with Crippen LogP contribution in [0.4, 0.5) is 0 Å². The molecule has 1 aliphatic rings. The summed E-state index contributed by atoms with van der Waals surface area (Å²) in [6.07, 6.45) is 3.01. The van der Waals surface area contributed by atoms with Crippen molar-refractivity contribution in [3.63, 3.8) is 0 Å². The standard InChI is InChI=1S/C12H19N3O4S2.ClH/c1-19-11(16)10-12(20-8-14-10)21(17,18)15-6-4-9-3-2-5-13-7-9;/h8-9,13,15H,2-7H2,1H3;1H. The summed E-state index contributed by atoms with van der Waals surface area (Å²) in [5.74, 6) is -0.254. The third-order valence-electron chi connectivity index (χ3n) is 3.40. The highest BCUT2D eigenvalue weighted by atomic mass is 35.5. The van der Waals surface area contributed by atoms with E-state index in [-0.39, 0.29) is 22.3 Å². The minimum Gasteiger partial charge on any atom is -0.464 e. The second-order valence-electron chi connectivity index (χ2n) is 4.88. The average Bonchev–Trinajstić information content (AvgIpc) is 2.98. The molecule has 1 aliphatic heterocycles. The summed E-state index contributed by atoms with van der Waals surface area (Å²) in [4.78, 5) is 15.3. The van der Waals surface area contributed by atoms with Gasteiger partial charge in [-0.3, -0.25) is 0 Å². The molecule has 1 fully saturated rings. The second-order valence-corrected chi connectivity index (χ2v) is 7.70. The van der Waals surface area contributed by atoms with Crippen molar-refractivity contribution in [2.24, 2.45) is 5.92 Å². The zero-order valence-electron chi connectivity index (χ0n) is 12.2. The fourth-order valence-corrected chi connectivity index (χ4v) is 4.51. The van der Waals surface area contributed by atoms with Crippen molar-refractivity contribution in [2.45, 2.75) is 23.5 Å². The van der Waals surface area contributed by atoms with Crippen LogP contribution in [0.2, 0.25) is 0 Å². The van der Waals surface area contributed by atoms with Crippen molar-refractivity contribution in [3.05, 3.63) is 11.2 Å². The summed E-state index contributed by atoms with van der Waals surface area (Å²) in [6, 6.07) is 0. The van der Waals surface area contributed by atoms with Crippen molar-refractivity contribution in [1.82, 2.24) is 15.0 Å². The van der Waals surface area contributed by atoms with Gasteiger partial charge in [0, 0.05) is 6.54 Å². The first-order valence-corrected chi connectivity index (χ1v) is 9.13. The third kappa shape index (κ3) is 4.88. The molecule has 1 atom stereocenters. The lowest BCUT2D eigenvalue weighted by atomic mass is 9.96. The maximum atomic E-state index is 12.2. The SMILES string of the molecule is COC(=O)c1ncsc1S(=O)(=O)NCCC1CCCNC1.Cl. The molecule has 0 saturated carbocycles. The van der Waals surface area contributed by atoms with Gasteiger partial charge in [0.15, 0.2) is 9.90 Å². The number of carbonyl (C=O) groups is 1. The molecule has 1 aromatic rings. The molecule has 2 rings (SSSR count). The molecule has 0 aromatic carbocycles. The van der Waals surface area contributed by atoms with Gasteiger partial charge in [0.05, 0.1) is 12.6 Å². The normalized spacial score (nSPS) is 18.5. The smallest absolute Gasteiger partial charge is 0.358 e. The Bertz CT molecular complexity index is 585. The first kappa shape index (κ1) is 19.3. The van der Waals surface area contributed by atoms with E-state index in [0.29, 0.717) is 12.5 Å². The molecule has 126 valence electrons. The van der Waals surface area contributed by atoms with Crippen LogP contribution in [0.15, 0.2) is 9.72 Å². The van der Waals surface area contributed by atoms with E-state index in [0.717, 1.165) is 43.7 Å². The summed E-state index contributed by atoms with van der Waals surface area (Å²) in [5.41, 5.74) is 1.17. The monoisotopic (exact) mass is 369 g/mol. The highest BCUT2D eigenvalue weighted by Crippen LogP contribution is 2.21. The lowest BCUT2D eigenvalue weighted by molar-refractivity contribution is 0.0590. The Balaban J connectivity index is 0.00000242. The number of nitrogens with one attached hydrogen (secondary N) is 2. The van der Waals surface area contributed by atoms with Gasteiger partial charge in [0.25, 0.3) is 10.0 Å². The molecule has 7 nitrogen and oxygen atoms in total. The van der Waals surface area contributed by atoms with Crippen LogP contribution < -0.4 is 10.0 Å². The van der Waals surface area contributed by atoms with Crippen molar-refractivity contribution in [3.8, 4) is 0 Å². The molecule has 10 heteroatoms. The van der Waals surface area contributed by atoms with Crippen LogP contribution in [0.1, 0.15) is 29.8 Å². The van der Waals surface area contributed by atoms with Crippen LogP contribution in [0.25, 0.3) is 0 Å². The van der Waals surface area contributed by atoms with E-state index in [4.69, 9.17) is 0 Å². The van der Waals surface area contributed by atoms with E-state index in [9.17, 15) is 13.2 Å². The molecule has 2 heterocycles. The van der Waals surface area contributed by atoms with Crippen molar-refractivity contribution >= 4 is 39.7 Å². The van der Waals surface area contributed by atoms with Crippen molar-refractivity contribution in [1.29, 1.82) is 0 Å². The predicted octanol–water partition coefficient (Wildman–Crippen LogP) is 1.02. The van der Waals surface area contributed by atoms with Crippen LogP contribution in [0, 0.1) is 5.92 Å². The number of nitrogens with zero attached hydrogens (tertiary/aromatic N) is 1. The third-order valence-corrected chi connectivity index (χ3v) is 6.23. The number of ether oxygens (including phenoxy) is 1. The molecule has 0 aliphatic carbocycles. The summed E-state index contributed by atoms with van der Waals surface area (Å²) < 4.78 is 31.4. The highest BCUT2D eigenvalue weighted by Gasteiger charge is 2.26. The molecule has 2 N–H and O–H groups in total. The van der Waals surface area contributed by atoms with E-state index in [1.165, 1.54) is 12.6 Å². The Labute approximate surface area is 140 Å². The maximum Gasteiger partial charge on any atom is 0.358 e. The van der Waals surface area contributed by atoms with Crippen LogP contribution in [0.5, 0.6) is 0 Å². The Morgan fingerprint density at radius 2 is 2.36 bits per heavy atom. The van der Waals surface area contributed by atoms with Gasteiger partial charge >= 0.3 is 5.97 Å². The number of esters is 1. The van der Waals surface area contributed by atoms with Crippen LogP contribution in [-0.4, -0.2) is 46.1 Å². The summed E-state index contributed by atoms with van der Waals surface area (Å²) >= 11 is 0.911. The van der Waals surface area contributed by atoms with E-state index < -0.39 is 16.0 Å². The number of halogens is 1. The van der Waals surface area contributed by atoms with Crippen LogP contribution in [0.3, 0.4) is 0 Å². The number of rotatable bonds is 6. The van der Waals surface area contributed by atoms with E-state index in [1.54, 1.807) is 0 Å². The minimum atomic E-state index is -3.72. The van der Waals surface area contributed by atoms with Gasteiger partial charge in [0.1, 0.15) is 0 Å². The van der Waals surface area contributed by atoms with E-state index >= 15 is 0 Å². The molecule has 0 radical (unpaired) electrons. The molecule has 22 heavy (non-hydrogen) atoms. The zero-order chi connectivity index (χ0) is 15.3. The van der Waals surface area contributed by atoms with Gasteiger partial charge in [-0.2, -0.15) is 0 Å². The van der Waals surface area contributed by atoms with Gasteiger partial charge in [-0.05, 0) is 38.3 Å². The number of hydrogen-bond acceptors (Lipinski definition) is 7. The summed E-state index contributed by atoms with van der Waals surface area (Å²) in [6.45, 7) is 2.31. The van der Waals surface area contributed by atoms with Crippen molar-refractivity contribution in [2.75, 3.05) is 26.7 Å². The predicted molar refractivity (Wildman–Crippen MR) is 86.1 cm³/mol. The van der Waals surface area contributed by atoms with Gasteiger partial charge in [-0.25, -0.2) is 22.9 Å². The fourth-order valence-electron chi connectivity index (χ4n) is 2.29. The van der Waals surface area contributed by atoms with Gasteiger partial charge in [-0.1, -0.05) is 0 Å². The van der Waals surface area contributed by atoms with E-state index in [1.807, 2.05) is 0 Å². The Morgan fingerprint density at radius 3 is 3.00 bits per heavy atom. The molecule has 1 aromatic heterocycles.